The smallest absolute Gasteiger partial charge is 0.135 e. The van der Waals surface area contributed by atoms with E-state index in [0.717, 1.165) is 76.5 Å². The number of allylic oxidation sites excluding steroid dienone is 3. The summed E-state index contributed by atoms with van der Waals surface area (Å²) in [6, 6.07) is 6.00. The predicted octanol–water partition coefficient (Wildman–Crippen LogP) is 2.42. The Hall–Kier alpha value is -3.85. The molecule has 1 aliphatic rings. The SMILES string of the molecule is C/C(N)=C\C(=C/N)c1ccc2[nH]nc(-c3cc4c(N5CCN(C)CC5)cncc4[nH]3)c2n1. The van der Waals surface area contributed by atoms with Crippen LogP contribution in [-0.2, 0) is 0 Å². The van der Waals surface area contributed by atoms with Crippen molar-refractivity contribution < 1.29 is 0 Å². The van der Waals surface area contributed by atoms with Gasteiger partial charge in [0.15, 0.2) is 0 Å². The molecule has 0 saturated carbocycles. The van der Waals surface area contributed by atoms with Crippen molar-refractivity contribution in [3.63, 3.8) is 0 Å². The zero-order valence-corrected chi connectivity index (χ0v) is 18.3. The topological polar surface area (TPSA) is 129 Å². The van der Waals surface area contributed by atoms with Crippen LogP contribution in [-0.4, -0.2) is 63.3 Å². The molecular formula is C23H27N9. The molecule has 1 aliphatic heterocycles. The van der Waals surface area contributed by atoms with Crippen molar-refractivity contribution in [3.05, 3.63) is 54.3 Å². The molecule has 0 radical (unpaired) electrons. The first-order valence-corrected chi connectivity index (χ1v) is 10.6. The number of aromatic amines is 2. The summed E-state index contributed by atoms with van der Waals surface area (Å²) >= 11 is 0. The minimum absolute atomic E-state index is 0.663. The van der Waals surface area contributed by atoms with Gasteiger partial charge in [0, 0.05) is 49.0 Å². The Bertz CT molecular complexity index is 1330. The highest BCUT2D eigenvalue weighted by Crippen LogP contribution is 2.33. The first-order chi connectivity index (χ1) is 15.5. The molecule has 0 atom stereocenters. The number of aromatic nitrogens is 5. The standard InChI is InChI=1S/C23H27N9/c1-14(25)9-15(11-24)17-3-4-18-22(28-17)23(30-29-18)19-10-16-20(27-19)12-26-13-21(16)32-7-5-31(2)6-8-32/h3-4,9-13,27H,5-8,24-25H2,1-2H3,(H,29,30)/b14-9+,15-11+. The minimum atomic E-state index is 0.663. The molecule has 9 nitrogen and oxygen atoms in total. The second-order valence-corrected chi connectivity index (χ2v) is 8.27. The van der Waals surface area contributed by atoms with Gasteiger partial charge in [-0.15, -0.1) is 0 Å². The Balaban J connectivity index is 1.58. The number of hydrogen-bond donors (Lipinski definition) is 4. The number of pyridine rings is 2. The normalized spacial score (nSPS) is 16.4. The van der Waals surface area contributed by atoms with Crippen molar-refractivity contribution in [2.75, 3.05) is 38.1 Å². The maximum Gasteiger partial charge on any atom is 0.135 e. The maximum absolute atomic E-state index is 5.85. The van der Waals surface area contributed by atoms with Crippen molar-refractivity contribution in [1.29, 1.82) is 0 Å². The third-order valence-corrected chi connectivity index (χ3v) is 5.89. The molecule has 0 unspecified atom stereocenters. The van der Waals surface area contributed by atoms with Crippen LogP contribution in [0.4, 0.5) is 5.69 Å². The lowest BCUT2D eigenvalue weighted by atomic mass is 10.1. The van der Waals surface area contributed by atoms with Crippen molar-refractivity contribution >= 4 is 33.2 Å². The van der Waals surface area contributed by atoms with Gasteiger partial charge in [-0.2, -0.15) is 5.10 Å². The summed E-state index contributed by atoms with van der Waals surface area (Å²) in [4.78, 5) is 17.5. The molecule has 1 fully saturated rings. The summed E-state index contributed by atoms with van der Waals surface area (Å²) in [6.07, 6.45) is 7.13. The van der Waals surface area contributed by atoms with Crippen LogP contribution in [0.15, 0.2) is 48.6 Å². The summed E-state index contributed by atoms with van der Waals surface area (Å²) in [5.74, 6) is 0. The number of nitrogens with zero attached hydrogens (tertiary/aromatic N) is 5. The monoisotopic (exact) mass is 429 g/mol. The Kier molecular flexibility index (Phi) is 5.02. The van der Waals surface area contributed by atoms with Gasteiger partial charge in [0.1, 0.15) is 11.2 Å². The van der Waals surface area contributed by atoms with Gasteiger partial charge in [0.2, 0.25) is 0 Å². The molecule has 32 heavy (non-hydrogen) atoms. The minimum Gasteiger partial charge on any atom is -0.404 e. The Labute approximate surface area is 185 Å². The molecule has 9 heteroatoms. The lowest BCUT2D eigenvalue weighted by Crippen LogP contribution is -2.44. The van der Waals surface area contributed by atoms with Gasteiger partial charge in [-0.25, -0.2) is 4.98 Å². The lowest BCUT2D eigenvalue weighted by molar-refractivity contribution is 0.313. The molecular weight excluding hydrogens is 402 g/mol. The van der Waals surface area contributed by atoms with Crippen LogP contribution >= 0.6 is 0 Å². The molecule has 0 amide bonds. The van der Waals surface area contributed by atoms with Gasteiger partial charge in [-0.05, 0) is 38.2 Å². The molecule has 5 rings (SSSR count). The van der Waals surface area contributed by atoms with E-state index >= 15 is 0 Å². The molecule has 164 valence electrons. The molecule has 5 heterocycles. The highest BCUT2D eigenvalue weighted by Gasteiger charge is 2.19. The number of piperazine rings is 1. The molecule has 6 N–H and O–H groups in total. The zero-order valence-electron chi connectivity index (χ0n) is 18.3. The van der Waals surface area contributed by atoms with E-state index in [1.165, 1.54) is 6.20 Å². The summed E-state index contributed by atoms with van der Waals surface area (Å²) < 4.78 is 0. The van der Waals surface area contributed by atoms with E-state index < -0.39 is 0 Å². The Morgan fingerprint density at radius 3 is 2.69 bits per heavy atom. The molecule has 0 aliphatic carbocycles. The fraction of sp³-hybridized carbons (Fsp3) is 0.261. The molecule has 4 aromatic rings. The second-order valence-electron chi connectivity index (χ2n) is 8.27. The summed E-state index contributed by atoms with van der Waals surface area (Å²) in [5.41, 5.74) is 19.2. The van der Waals surface area contributed by atoms with E-state index in [2.05, 4.69) is 43.1 Å². The largest absolute Gasteiger partial charge is 0.404 e. The highest BCUT2D eigenvalue weighted by molar-refractivity contribution is 5.98. The van der Waals surface area contributed by atoms with Crippen molar-refractivity contribution in [2.45, 2.75) is 6.92 Å². The van der Waals surface area contributed by atoms with E-state index in [4.69, 9.17) is 16.5 Å². The molecule has 0 bridgehead atoms. The van der Waals surface area contributed by atoms with Crippen LogP contribution < -0.4 is 16.4 Å². The first-order valence-electron chi connectivity index (χ1n) is 10.6. The number of nitrogens with two attached hydrogens (primary N) is 2. The van der Waals surface area contributed by atoms with Gasteiger partial charge in [-0.1, -0.05) is 0 Å². The number of rotatable bonds is 4. The quantitative estimate of drug-likeness (QED) is 0.367. The third kappa shape index (κ3) is 3.56. The average molecular weight is 430 g/mol. The van der Waals surface area contributed by atoms with Gasteiger partial charge in [0.05, 0.1) is 40.5 Å². The van der Waals surface area contributed by atoms with Crippen molar-refractivity contribution in [2.24, 2.45) is 11.5 Å². The van der Waals surface area contributed by atoms with Gasteiger partial charge in [-0.3, -0.25) is 10.1 Å². The molecule has 1 saturated heterocycles. The molecule has 0 aromatic carbocycles. The molecule has 4 aromatic heterocycles. The van der Waals surface area contributed by atoms with Crippen LogP contribution in [0.25, 0.3) is 38.9 Å². The number of H-pyrrole nitrogens is 2. The van der Waals surface area contributed by atoms with Crippen molar-refractivity contribution in [3.8, 4) is 11.4 Å². The zero-order chi connectivity index (χ0) is 22.2. The van der Waals surface area contributed by atoms with Crippen molar-refractivity contribution in [1.82, 2.24) is 30.0 Å². The molecule has 0 spiro atoms. The second kappa shape index (κ2) is 8.01. The van der Waals surface area contributed by atoms with Gasteiger partial charge < -0.3 is 26.3 Å². The summed E-state index contributed by atoms with van der Waals surface area (Å²) in [6.45, 7) is 5.87. The van der Waals surface area contributed by atoms with Crippen LogP contribution in [0.2, 0.25) is 0 Å². The first kappa shape index (κ1) is 20.1. The Morgan fingerprint density at radius 1 is 1.12 bits per heavy atom. The number of hydrogen-bond acceptors (Lipinski definition) is 7. The lowest BCUT2D eigenvalue weighted by Gasteiger charge is -2.34. The predicted molar refractivity (Wildman–Crippen MR) is 129 cm³/mol. The van der Waals surface area contributed by atoms with Gasteiger partial charge in [0.25, 0.3) is 0 Å². The summed E-state index contributed by atoms with van der Waals surface area (Å²) in [7, 11) is 2.16. The van der Waals surface area contributed by atoms with E-state index in [1.54, 1.807) is 0 Å². The average Bonchev–Trinajstić information content (AvgIpc) is 3.41. The number of likely N-dealkylation sites (N-methyl/N-ethyl adjacent to an activating group) is 1. The summed E-state index contributed by atoms with van der Waals surface area (Å²) in [5, 5.41) is 8.77. The van der Waals surface area contributed by atoms with E-state index in [-0.39, 0.29) is 0 Å². The third-order valence-electron chi connectivity index (χ3n) is 5.89. The number of fused-ring (bicyclic) bond motifs is 2. The highest BCUT2D eigenvalue weighted by atomic mass is 15.3. The maximum atomic E-state index is 5.85. The Morgan fingerprint density at radius 2 is 1.94 bits per heavy atom. The number of nitrogens with one attached hydrogen (secondary N) is 2. The van der Waals surface area contributed by atoms with E-state index in [9.17, 15) is 0 Å². The fourth-order valence-electron chi connectivity index (χ4n) is 4.16. The van der Waals surface area contributed by atoms with E-state index in [0.29, 0.717) is 5.70 Å². The van der Waals surface area contributed by atoms with Crippen LogP contribution in [0.1, 0.15) is 12.6 Å². The van der Waals surface area contributed by atoms with Crippen LogP contribution in [0, 0.1) is 0 Å². The van der Waals surface area contributed by atoms with E-state index in [1.807, 2.05) is 37.5 Å². The van der Waals surface area contributed by atoms with Crippen LogP contribution in [0.5, 0.6) is 0 Å². The van der Waals surface area contributed by atoms with Gasteiger partial charge >= 0.3 is 0 Å². The number of anilines is 1. The fourth-order valence-corrected chi connectivity index (χ4v) is 4.16. The van der Waals surface area contributed by atoms with Crippen LogP contribution in [0.3, 0.4) is 0 Å².